The second-order valence-electron chi connectivity index (χ2n) is 4.88. The minimum Gasteiger partial charge on any atom is -0.357 e. The topological polar surface area (TPSA) is 39.7 Å². The number of thioether (sulfide) groups is 1. The van der Waals surface area contributed by atoms with Gasteiger partial charge < -0.3 is 15.5 Å². The van der Waals surface area contributed by atoms with Gasteiger partial charge in [-0.1, -0.05) is 13.8 Å². The van der Waals surface area contributed by atoms with Gasteiger partial charge in [-0.15, -0.1) is 24.0 Å². The number of hydrogen-bond donors (Lipinski definition) is 2. The van der Waals surface area contributed by atoms with Crippen molar-refractivity contribution < 1.29 is 0 Å². The van der Waals surface area contributed by atoms with Crippen molar-refractivity contribution in [2.45, 2.75) is 40.0 Å². The number of rotatable bonds is 12. The van der Waals surface area contributed by atoms with Crippen molar-refractivity contribution in [1.82, 2.24) is 15.5 Å². The number of nitrogens with one attached hydrogen (secondary N) is 2. The van der Waals surface area contributed by atoms with E-state index in [1.165, 1.54) is 25.9 Å². The molecular formula is C15H35IN4S. The van der Waals surface area contributed by atoms with E-state index in [2.05, 4.69) is 47.6 Å². The van der Waals surface area contributed by atoms with E-state index < -0.39 is 0 Å². The molecule has 21 heavy (non-hydrogen) atoms. The fourth-order valence-electron chi connectivity index (χ4n) is 2.07. The van der Waals surface area contributed by atoms with Gasteiger partial charge in [-0.2, -0.15) is 11.8 Å². The Labute approximate surface area is 153 Å². The van der Waals surface area contributed by atoms with Gasteiger partial charge in [0.25, 0.3) is 0 Å². The molecule has 0 aromatic rings. The van der Waals surface area contributed by atoms with Crippen LogP contribution in [0.4, 0.5) is 0 Å². The fraction of sp³-hybridized carbons (Fsp3) is 0.933. The summed E-state index contributed by atoms with van der Waals surface area (Å²) >= 11 is 1.85. The summed E-state index contributed by atoms with van der Waals surface area (Å²) in [6, 6.07) is 0. The summed E-state index contributed by atoms with van der Waals surface area (Å²) in [7, 11) is 0. The molecule has 0 atom stereocenters. The second-order valence-corrected chi connectivity index (χ2v) is 5.86. The van der Waals surface area contributed by atoms with Crippen molar-refractivity contribution in [2.24, 2.45) is 4.99 Å². The zero-order valence-electron chi connectivity index (χ0n) is 14.3. The van der Waals surface area contributed by atoms with E-state index in [4.69, 9.17) is 0 Å². The van der Waals surface area contributed by atoms with Crippen molar-refractivity contribution in [3.8, 4) is 0 Å². The molecule has 0 bridgehead atoms. The number of halogens is 1. The van der Waals surface area contributed by atoms with Gasteiger partial charge in [-0.05, 0) is 52.1 Å². The quantitative estimate of drug-likeness (QED) is 0.216. The van der Waals surface area contributed by atoms with Crippen LogP contribution >= 0.6 is 35.7 Å². The first-order chi connectivity index (χ1) is 9.78. The minimum absolute atomic E-state index is 0. The number of guanidine groups is 1. The van der Waals surface area contributed by atoms with Crippen LogP contribution in [0.15, 0.2) is 4.99 Å². The Hall–Kier alpha value is 0.310. The molecule has 128 valence electrons. The van der Waals surface area contributed by atoms with Gasteiger partial charge in [0.1, 0.15) is 0 Å². The van der Waals surface area contributed by atoms with Crippen LogP contribution in [0.2, 0.25) is 0 Å². The molecule has 2 N–H and O–H groups in total. The predicted octanol–water partition coefficient (Wildman–Crippen LogP) is 3.03. The highest BCUT2D eigenvalue weighted by molar-refractivity contribution is 14.0. The molecule has 0 aliphatic heterocycles. The largest absolute Gasteiger partial charge is 0.357 e. The van der Waals surface area contributed by atoms with E-state index in [9.17, 15) is 0 Å². The molecule has 0 spiro atoms. The third kappa shape index (κ3) is 15.0. The highest BCUT2D eigenvalue weighted by Crippen LogP contribution is 1.96. The lowest BCUT2D eigenvalue weighted by Crippen LogP contribution is -2.38. The van der Waals surface area contributed by atoms with E-state index in [0.717, 1.165) is 44.3 Å². The molecule has 0 aromatic heterocycles. The Morgan fingerprint density at radius 1 is 1.05 bits per heavy atom. The van der Waals surface area contributed by atoms with Gasteiger partial charge in [0.05, 0.1) is 0 Å². The van der Waals surface area contributed by atoms with Crippen LogP contribution in [0.25, 0.3) is 0 Å². The highest BCUT2D eigenvalue weighted by atomic mass is 127. The van der Waals surface area contributed by atoms with Crippen LogP contribution in [0.5, 0.6) is 0 Å². The van der Waals surface area contributed by atoms with E-state index in [0.29, 0.717) is 0 Å². The van der Waals surface area contributed by atoms with Gasteiger partial charge in [0.15, 0.2) is 5.96 Å². The summed E-state index contributed by atoms with van der Waals surface area (Å²) in [6.45, 7) is 13.0. The third-order valence-electron chi connectivity index (χ3n) is 2.92. The molecule has 0 rings (SSSR count). The maximum atomic E-state index is 4.64. The van der Waals surface area contributed by atoms with E-state index >= 15 is 0 Å². The molecule has 0 fully saturated rings. The van der Waals surface area contributed by atoms with Crippen LogP contribution in [0.1, 0.15) is 40.0 Å². The van der Waals surface area contributed by atoms with E-state index in [-0.39, 0.29) is 24.0 Å². The lowest BCUT2D eigenvalue weighted by Gasteiger charge is -2.20. The molecule has 0 heterocycles. The average Bonchev–Trinajstić information content (AvgIpc) is 2.44. The molecule has 0 aliphatic rings. The van der Waals surface area contributed by atoms with Crippen molar-refractivity contribution in [1.29, 1.82) is 0 Å². The summed E-state index contributed by atoms with van der Waals surface area (Å²) in [5.41, 5.74) is 0. The van der Waals surface area contributed by atoms with Crippen LogP contribution in [0, 0.1) is 0 Å². The maximum absolute atomic E-state index is 4.64. The average molecular weight is 430 g/mol. The lowest BCUT2D eigenvalue weighted by molar-refractivity contribution is 0.273. The molecule has 0 amide bonds. The zero-order chi connectivity index (χ0) is 15.1. The summed E-state index contributed by atoms with van der Waals surface area (Å²) in [5, 5.41) is 6.66. The first-order valence-corrected chi connectivity index (χ1v) is 9.41. The third-order valence-corrected chi connectivity index (χ3v) is 3.54. The maximum Gasteiger partial charge on any atom is 0.191 e. The van der Waals surface area contributed by atoms with Gasteiger partial charge in [0, 0.05) is 25.4 Å². The Morgan fingerprint density at radius 3 is 2.24 bits per heavy atom. The second kappa shape index (κ2) is 18.4. The zero-order valence-corrected chi connectivity index (χ0v) is 17.4. The van der Waals surface area contributed by atoms with Crippen LogP contribution in [-0.2, 0) is 0 Å². The van der Waals surface area contributed by atoms with E-state index in [1.54, 1.807) is 0 Å². The van der Waals surface area contributed by atoms with Crippen molar-refractivity contribution in [2.75, 3.05) is 51.3 Å². The predicted molar refractivity (Wildman–Crippen MR) is 109 cm³/mol. The van der Waals surface area contributed by atoms with Gasteiger partial charge in [0.2, 0.25) is 0 Å². The summed E-state index contributed by atoms with van der Waals surface area (Å²) < 4.78 is 0. The molecule has 0 unspecified atom stereocenters. The molecular weight excluding hydrogens is 395 g/mol. The number of nitrogens with zero attached hydrogens (tertiary/aromatic N) is 2. The van der Waals surface area contributed by atoms with Crippen molar-refractivity contribution >= 4 is 41.7 Å². The highest BCUT2D eigenvalue weighted by Gasteiger charge is 2.02. The van der Waals surface area contributed by atoms with Crippen LogP contribution in [-0.4, -0.2) is 62.1 Å². The Kier molecular flexibility index (Phi) is 20.6. The van der Waals surface area contributed by atoms with Gasteiger partial charge in [-0.3, -0.25) is 4.99 Å². The van der Waals surface area contributed by atoms with Crippen molar-refractivity contribution in [3.05, 3.63) is 0 Å². The Bertz CT molecular complexity index is 234. The molecule has 4 nitrogen and oxygen atoms in total. The number of aliphatic imine (C=N–C) groups is 1. The molecule has 0 aliphatic carbocycles. The van der Waals surface area contributed by atoms with Crippen molar-refractivity contribution in [3.63, 3.8) is 0 Å². The molecule has 0 saturated carbocycles. The molecule has 6 heteroatoms. The summed E-state index contributed by atoms with van der Waals surface area (Å²) in [5.74, 6) is 2.07. The normalized spacial score (nSPS) is 11.4. The monoisotopic (exact) mass is 430 g/mol. The SMILES string of the molecule is CCCN(CCC)CCCN=C(NCC)NCCSC.I. The van der Waals surface area contributed by atoms with Gasteiger partial charge >= 0.3 is 0 Å². The fourth-order valence-corrected chi connectivity index (χ4v) is 2.37. The summed E-state index contributed by atoms with van der Waals surface area (Å²) in [4.78, 5) is 7.18. The Balaban J connectivity index is 0. The smallest absolute Gasteiger partial charge is 0.191 e. The first kappa shape index (κ1) is 23.6. The van der Waals surface area contributed by atoms with Crippen LogP contribution < -0.4 is 10.6 Å². The number of hydrogen-bond acceptors (Lipinski definition) is 3. The Morgan fingerprint density at radius 2 is 1.71 bits per heavy atom. The van der Waals surface area contributed by atoms with E-state index in [1.807, 2.05) is 11.8 Å². The molecule has 0 radical (unpaired) electrons. The standard InChI is InChI=1S/C15H34N4S.HI/c1-5-11-19(12-6-2)13-8-9-17-15(16-7-3)18-10-14-20-4;/h5-14H2,1-4H3,(H2,16,17,18);1H. The van der Waals surface area contributed by atoms with Gasteiger partial charge in [-0.25, -0.2) is 0 Å². The lowest BCUT2D eigenvalue weighted by atomic mass is 10.3. The molecule has 0 aromatic carbocycles. The minimum atomic E-state index is 0. The summed E-state index contributed by atoms with van der Waals surface area (Å²) in [6.07, 6.45) is 5.74. The first-order valence-electron chi connectivity index (χ1n) is 8.01. The molecule has 0 saturated heterocycles. The van der Waals surface area contributed by atoms with Crippen LogP contribution in [0.3, 0.4) is 0 Å².